The Morgan fingerprint density at radius 3 is 2.61 bits per heavy atom. The van der Waals surface area contributed by atoms with E-state index in [1.165, 1.54) is 9.75 Å². The molecule has 1 aliphatic rings. The lowest BCUT2D eigenvalue weighted by molar-refractivity contribution is -0.117. The van der Waals surface area contributed by atoms with E-state index in [-0.39, 0.29) is 17.7 Å². The highest BCUT2D eigenvalue weighted by Crippen LogP contribution is 2.50. The van der Waals surface area contributed by atoms with Crippen molar-refractivity contribution in [3.63, 3.8) is 0 Å². The van der Waals surface area contributed by atoms with E-state index in [0.29, 0.717) is 17.2 Å². The second kappa shape index (κ2) is 6.16. The predicted octanol–water partition coefficient (Wildman–Crippen LogP) is 3.47. The molecule has 0 radical (unpaired) electrons. The summed E-state index contributed by atoms with van der Waals surface area (Å²) in [4.78, 5) is 26.9. The standard InChI is InChI=1S/C18H20N2O2S/c1-10-7-8-16(23-10)13-9-14(13)18(22)20-15-6-4-5-12(11(15)2)17(21)19-3/h4-8,13-14H,9H2,1-3H3,(H,19,21)(H,20,22). The van der Waals surface area contributed by atoms with Crippen molar-refractivity contribution in [2.45, 2.75) is 26.2 Å². The highest BCUT2D eigenvalue weighted by atomic mass is 32.1. The Balaban J connectivity index is 1.71. The molecule has 1 fully saturated rings. The minimum Gasteiger partial charge on any atom is -0.355 e. The number of rotatable bonds is 4. The largest absolute Gasteiger partial charge is 0.355 e. The zero-order valence-corrected chi connectivity index (χ0v) is 14.3. The summed E-state index contributed by atoms with van der Waals surface area (Å²) >= 11 is 1.77. The zero-order valence-electron chi connectivity index (χ0n) is 13.5. The van der Waals surface area contributed by atoms with Gasteiger partial charge in [-0.1, -0.05) is 6.07 Å². The molecule has 1 heterocycles. The number of carbonyl (C=O) groups excluding carboxylic acids is 2. The average molecular weight is 328 g/mol. The third-order valence-electron chi connectivity index (χ3n) is 4.32. The van der Waals surface area contributed by atoms with Crippen LogP contribution in [-0.2, 0) is 4.79 Å². The van der Waals surface area contributed by atoms with Crippen LogP contribution in [0.15, 0.2) is 30.3 Å². The van der Waals surface area contributed by atoms with Gasteiger partial charge < -0.3 is 10.6 Å². The van der Waals surface area contributed by atoms with Crippen LogP contribution in [0, 0.1) is 19.8 Å². The van der Waals surface area contributed by atoms with Gasteiger partial charge in [-0.3, -0.25) is 9.59 Å². The number of amides is 2. The fourth-order valence-electron chi connectivity index (χ4n) is 2.83. The maximum Gasteiger partial charge on any atom is 0.251 e. The van der Waals surface area contributed by atoms with Gasteiger partial charge in [0.1, 0.15) is 0 Å². The quantitative estimate of drug-likeness (QED) is 0.903. The predicted molar refractivity (Wildman–Crippen MR) is 93.1 cm³/mol. The molecule has 3 rings (SSSR count). The van der Waals surface area contributed by atoms with Gasteiger partial charge in [0.2, 0.25) is 5.91 Å². The van der Waals surface area contributed by atoms with Gasteiger partial charge in [-0.05, 0) is 50.1 Å². The summed E-state index contributed by atoms with van der Waals surface area (Å²) in [6, 6.07) is 9.62. The van der Waals surface area contributed by atoms with Gasteiger partial charge in [-0.25, -0.2) is 0 Å². The molecule has 0 saturated heterocycles. The molecular formula is C18H20N2O2S. The zero-order chi connectivity index (χ0) is 16.6. The number of benzene rings is 1. The minimum absolute atomic E-state index is 0.0381. The van der Waals surface area contributed by atoms with Gasteiger partial charge >= 0.3 is 0 Å². The summed E-state index contributed by atoms with van der Waals surface area (Å²) in [6.45, 7) is 3.94. The Hall–Kier alpha value is -2.14. The van der Waals surface area contributed by atoms with E-state index in [0.717, 1.165) is 12.0 Å². The number of carbonyl (C=O) groups is 2. The van der Waals surface area contributed by atoms with E-state index in [9.17, 15) is 9.59 Å². The Labute approximate surface area is 139 Å². The lowest BCUT2D eigenvalue weighted by Crippen LogP contribution is -2.21. The fraction of sp³-hybridized carbons (Fsp3) is 0.333. The molecular weight excluding hydrogens is 308 g/mol. The third kappa shape index (κ3) is 3.15. The summed E-state index contributed by atoms with van der Waals surface area (Å²) < 4.78 is 0. The Kier molecular flexibility index (Phi) is 4.22. The molecule has 120 valence electrons. The molecule has 23 heavy (non-hydrogen) atoms. The molecule has 0 spiro atoms. The normalized spacial score (nSPS) is 19.3. The van der Waals surface area contributed by atoms with Crippen LogP contribution in [0.4, 0.5) is 5.69 Å². The average Bonchev–Trinajstić information content (AvgIpc) is 3.23. The summed E-state index contributed by atoms with van der Waals surface area (Å²) in [5, 5.41) is 5.60. The van der Waals surface area contributed by atoms with Crippen LogP contribution in [0.5, 0.6) is 0 Å². The highest BCUT2D eigenvalue weighted by molar-refractivity contribution is 7.12. The molecule has 5 heteroatoms. The maximum atomic E-state index is 12.5. The second-order valence-corrected chi connectivity index (χ2v) is 7.26. The van der Waals surface area contributed by atoms with Gasteiger partial charge in [0.25, 0.3) is 5.91 Å². The first-order chi connectivity index (χ1) is 11.0. The summed E-state index contributed by atoms with van der Waals surface area (Å²) in [5.74, 6) is 0.280. The molecule has 2 atom stereocenters. The molecule has 0 aliphatic heterocycles. The number of nitrogens with one attached hydrogen (secondary N) is 2. The number of anilines is 1. The van der Waals surface area contributed by atoms with E-state index >= 15 is 0 Å². The van der Waals surface area contributed by atoms with Crippen molar-refractivity contribution in [3.8, 4) is 0 Å². The van der Waals surface area contributed by atoms with E-state index in [1.54, 1.807) is 30.5 Å². The number of thiophene rings is 1. The van der Waals surface area contributed by atoms with Crippen molar-refractivity contribution < 1.29 is 9.59 Å². The second-order valence-electron chi connectivity index (χ2n) is 5.94. The van der Waals surface area contributed by atoms with Crippen molar-refractivity contribution in [3.05, 3.63) is 51.2 Å². The summed E-state index contributed by atoms with van der Waals surface area (Å²) in [7, 11) is 1.60. The first-order valence-corrected chi connectivity index (χ1v) is 8.51. The number of hydrogen-bond donors (Lipinski definition) is 2. The lowest BCUT2D eigenvalue weighted by atomic mass is 10.1. The van der Waals surface area contributed by atoms with Gasteiger partial charge in [-0.2, -0.15) is 0 Å². The van der Waals surface area contributed by atoms with Crippen molar-refractivity contribution in [1.82, 2.24) is 5.32 Å². The van der Waals surface area contributed by atoms with Crippen LogP contribution in [0.1, 0.15) is 38.0 Å². The van der Waals surface area contributed by atoms with Crippen LogP contribution >= 0.6 is 11.3 Å². The van der Waals surface area contributed by atoms with Crippen LogP contribution in [0.25, 0.3) is 0 Å². The Morgan fingerprint density at radius 2 is 1.96 bits per heavy atom. The smallest absolute Gasteiger partial charge is 0.251 e. The van der Waals surface area contributed by atoms with Gasteiger partial charge in [0.05, 0.1) is 0 Å². The van der Waals surface area contributed by atoms with Crippen molar-refractivity contribution >= 4 is 28.8 Å². The van der Waals surface area contributed by atoms with E-state index in [1.807, 2.05) is 13.0 Å². The molecule has 2 N–H and O–H groups in total. The van der Waals surface area contributed by atoms with Crippen molar-refractivity contribution in [1.29, 1.82) is 0 Å². The molecule has 1 saturated carbocycles. The molecule has 1 aliphatic carbocycles. The molecule has 1 aromatic heterocycles. The SMILES string of the molecule is CNC(=O)c1cccc(NC(=O)C2CC2c2ccc(C)s2)c1C. The molecule has 2 amide bonds. The minimum atomic E-state index is -0.142. The van der Waals surface area contributed by atoms with Crippen LogP contribution in [-0.4, -0.2) is 18.9 Å². The summed E-state index contributed by atoms with van der Waals surface area (Å²) in [5.41, 5.74) is 2.10. The first-order valence-electron chi connectivity index (χ1n) is 7.70. The van der Waals surface area contributed by atoms with Crippen LogP contribution in [0.2, 0.25) is 0 Å². The topological polar surface area (TPSA) is 58.2 Å². The molecule has 1 aromatic carbocycles. The molecule has 2 aromatic rings. The van der Waals surface area contributed by atoms with Crippen molar-refractivity contribution in [2.75, 3.05) is 12.4 Å². The van der Waals surface area contributed by atoms with Gasteiger partial charge in [0, 0.05) is 39.9 Å². The monoisotopic (exact) mass is 328 g/mol. The highest BCUT2D eigenvalue weighted by Gasteiger charge is 2.44. The lowest BCUT2D eigenvalue weighted by Gasteiger charge is -2.11. The van der Waals surface area contributed by atoms with Gasteiger partial charge in [0.15, 0.2) is 0 Å². The van der Waals surface area contributed by atoms with Crippen LogP contribution in [0.3, 0.4) is 0 Å². The molecule has 0 bridgehead atoms. The third-order valence-corrected chi connectivity index (χ3v) is 5.45. The maximum absolute atomic E-state index is 12.5. The van der Waals surface area contributed by atoms with Gasteiger partial charge in [-0.15, -0.1) is 11.3 Å². The van der Waals surface area contributed by atoms with E-state index in [4.69, 9.17) is 0 Å². The summed E-state index contributed by atoms with van der Waals surface area (Å²) in [6.07, 6.45) is 0.903. The number of hydrogen-bond acceptors (Lipinski definition) is 3. The Morgan fingerprint density at radius 1 is 1.17 bits per heavy atom. The number of aryl methyl sites for hydroxylation is 1. The van der Waals surface area contributed by atoms with Crippen molar-refractivity contribution in [2.24, 2.45) is 5.92 Å². The van der Waals surface area contributed by atoms with Crippen LogP contribution < -0.4 is 10.6 Å². The fourth-order valence-corrected chi connectivity index (χ4v) is 3.88. The Bertz CT molecular complexity index is 766. The van der Waals surface area contributed by atoms with E-state index < -0.39 is 0 Å². The first kappa shape index (κ1) is 15.7. The molecule has 2 unspecified atom stereocenters. The van der Waals surface area contributed by atoms with E-state index in [2.05, 4.69) is 29.7 Å². The molecule has 4 nitrogen and oxygen atoms in total.